The molecule has 0 bridgehead atoms. The maximum Gasteiger partial charge on any atom is 0.423 e. The Labute approximate surface area is 111 Å². The van der Waals surface area contributed by atoms with Gasteiger partial charge in [-0.2, -0.15) is 26.3 Å². The molecule has 0 spiro atoms. The first kappa shape index (κ1) is 16.8. The minimum atomic E-state index is -5.58. The summed E-state index contributed by atoms with van der Waals surface area (Å²) in [6, 6.07) is 6.11. The summed E-state index contributed by atoms with van der Waals surface area (Å²) >= 11 is 0. The predicted octanol–water partition coefficient (Wildman–Crippen LogP) is 3.54. The van der Waals surface area contributed by atoms with Crippen molar-refractivity contribution in [2.24, 2.45) is 0 Å². The number of aliphatic hydroxyl groups is 1. The fourth-order valence-corrected chi connectivity index (χ4v) is 1.61. The van der Waals surface area contributed by atoms with Crippen LogP contribution < -0.4 is 0 Å². The Morgan fingerprint density at radius 1 is 1.05 bits per heavy atom. The van der Waals surface area contributed by atoms with E-state index in [1.54, 1.807) is 19.1 Å². The van der Waals surface area contributed by atoms with Crippen molar-refractivity contribution >= 4 is 0 Å². The highest BCUT2D eigenvalue weighted by atomic mass is 19.4. The van der Waals surface area contributed by atoms with Crippen molar-refractivity contribution in [3.63, 3.8) is 0 Å². The van der Waals surface area contributed by atoms with Crippen LogP contribution in [0.5, 0.6) is 0 Å². The lowest BCUT2D eigenvalue weighted by atomic mass is 10.0. The number of hydrogen-bond acceptors (Lipinski definition) is 2. The van der Waals surface area contributed by atoms with Gasteiger partial charge in [0, 0.05) is 0 Å². The predicted molar refractivity (Wildman–Crippen MR) is 58.0 cm³/mol. The summed E-state index contributed by atoms with van der Waals surface area (Å²) in [5.74, 6) is 0. The molecule has 0 aromatic heterocycles. The Morgan fingerprint density at radius 3 is 2.00 bits per heavy atom. The van der Waals surface area contributed by atoms with Crippen LogP contribution >= 0.6 is 0 Å². The molecule has 0 aliphatic rings. The monoisotopic (exact) mass is 302 g/mol. The molecule has 2 nitrogen and oxygen atoms in total. The smallest absolute Gasteiger partial charge is 0.386 e. The van der Waals surface area contributed by atoms with Crippen molar-refractivity contribution in [1.82, 2.24) is 0 Å². The third-order valence-electron chi connectivity index (χ3n) is 2.56. The van der Waals surface area contributed by atoms with Gasteiger partial charge in [-0.15, -0.1) is 0 Å². The molecule has 1 unspecified atom stereocenters. The summed E-state index contributed by atoms with van der Waals surface area (Å²) in [4.78, 5) is 0. The van der Waals surface area contributed by atoms with E-state index in [9.17, 15) is 31.4 Å². The number of hydrogen-bond donors (Lipinski definition) is 1. The maximum atomic E-state index is 12.2. The molecule has 1 aromatic rings. The number of ether oxygens (including phenoxy) is 1. The van der Waals surface area contributed by atoms with Crippen LogP contribution in [0, 0.1) is 6.92 Å². The van der Waals surface area contributed by atoms with E-state index in [1.807, 2.05) is 0 Å². The molecular formula is C12H12F6O2. The molecule has 0 saturated heterocycles. The van der Waals surface area contributed by atoms with Crippen molar-refractivity contribution in [1.29, 1.82) is 0 Å². The van der Waals surface area contributed by atoms with E-state index < -0.39 is 31.2 Å². The zero-order valence-electron chi connectivity index (χ0n) is 10.3. The van der Waals surface area contributed by atoms with Crippen LogP contribution in [-0.4, -0.2) is 30.2 Å². The Hall–Kier alpha value is -1.28. The molecular weight excluding hydrogens is 290 g/mol. The van der Waals surface area contributed by atoms with E-state index >= 15 is 0 Å². The van der Waals surface area contributed by atoms with Gasteiger partial charge in [0.1, 0.15) is 6.10 Å². The van der Waals surface area contributed by atoms with E-state index in [2.05, 4.69) is 4.74 Å². The molecule has 1 atom stereocenters. The molecule has 0 fully saturated rings. The lowest BCUT2D eigenvalue weighted by Crippen LogP contribution is -2.45. The molecule has 0 amide bonds. The highest BCUT2D eigenvalue weighted by molar-refractivity contribution is 5.27. The zero-order chi connectivity index (χ0) is 15.6. The average molecular weight is 302 g/mol. The summed E-state index contributed by atoms with van der Waals surface area (Å²) < 4.78 is 77.2. The third-order valence-corrected chi connectivity index (χ3v) is 2.56. The van der Waals surface area contributed by atoms with Gasteiger partial charge in [0.2, 0.25) is 6.10 Å². The molecule has 0 radical (unpaired) electrons. The Bertz CT molecular complexity index is 426. The summed E-state index contributed by atoms with van der Waals surface area (Å²) in [7, 11) is 0. The molecule has 114 valence electrons. The van der Waals surface area contributed by atoms with Gasteiger partial charge in [0.05, 0.1) is 6.61 Å². The number of aryl methyl sites for hydroxylation is 1. The van der Waals surface area contributed by atoms with E-state index in [-0.39, 0.29) is 5.56 Å². The highest BCUT2D eigenvalue weighted by Gasteiger charge is 2.58. The van der Waals surface area contributed by atoms with Crippen LogP contribution in [0.1, 0.15) is 17.2 Å². The minimum Gasteiger partial charge on any atom is -0.386 e. The molecule has 1 aromatic carbocycles. The van der Waals surface area contributed by atoms with Crippen LogP contribution in [0.3, 0.4) is 0 Å². The summed E-state index contributed by atoms with van der Waals surface area (Å²) in [5.41, 5.74) is 0.759. The largest absolute Gasteiger partial charge is 0.423 e. The molecule has 0 saturated carbocycles. The zero-order valence-corrected chi connectivity index (χ0v) is 10.3. The van der Waals surface area contributed by atoms with Crippen LogP contribution in [0.2, 0.25) is 0 Å². The fourth-order valence-electron chi connectivity index (χ4n) is 1.61. The second kappa shape index (κ2) is 6.01. The van der Waals surface area contributed by atoms with E-state index in [0.717, 1.165) is 0 Å². The number of alkyl halides is 6. The molecule has 1 N–H and O–H groups in total. The van der Waals surface area contributed by atoms with Crippen LogP contribution in [0.4, 0.5) is 26.3 Å². The van der Waals surface area contributed by atoms with Crippen molar-refractivity contribution in [3.05, 3.63) is 35.4 Å². The number of halogens is 6. The Balaban J connectivity index is 2.76. The number of aliphatic hydroxyl groups excluding tert-OH is 1. The molecule has 0 aliphatic carbocycles. The molecule has 0 heterocycles. The van der Waals surface area contributed by atoms with Gasteiger partial charge in [0.25, 0.3) is 0 Å². The van der Waals surface area contributed by atoms with Gasteiger partial charge >= 0.3 is 12.4 Å². The molecule has 1 rings (SSSR count). The molecule has 20 heavy (non-hydrogen) atoms. The number of rotatable bonds is 4. The Morgan fingerprint density at radius 2 is 1.55 bits per heavy atom. The van der Waals surface area contributed by atoms with E-state index in [1.165, 1.54) is 12.1 Å². The lowest BCUT2D eigenvalue weighted by Gasteiger charge is -2.24. The van der Waals surface area contributed by atoms with Gasteiger partial charge in [-0.1, -0.05) is 24.3 Å². The SMILES string of the molecule is Cc1ccccc1C(O)COC(C(F)(F)F)C(F)(F)F. The quantitative estimate of drug-likeness (QED) is 0.862. The number of benzene rings is 1. The molecule has 8 heteroatoms. The van der Waals surface area contributed by atoms with Crippen LogP contribution in [0.15, 0.2) is 24.3 Å². The highest BCUT2D eigenvalue weighted by Crippen LogP contribution is 2.36. The van der Waals surface area contributed by atoms with Crippen LogP contribution in [-0.2, 0) is 4.74 Å². The van der Waals surface area contributed by atoms with Gasteiger partial charge in [-0.25, -0.2) is 0 Å². The van der Waals surface area contributed by atoms with Crippen molar-refractivity contribution in [2.75, 3.05) is 6.61 Å². The fraction of sp³-hybridized carbons (Fsp3) is 0.500. The first-order valence-electron chi connectivity index (χ1n) is 5.52. The third kappa shape index (κ3) is 4.38. The standard InChI is InChI=1S/C12H12F6O2/c1-7-4-2-3-5-8(7)9(19)6-20-10(11(13,14)15)12(16,17)18/h2-5,9-10,19H,6H2,1H3. The summed E-state index contributed by atoms with van der Waals surface area (Å²) in [6.45, 7) is 0.470. The second-order valence-electron chi connectivity index (χ2n) is 4.17. The minimum absolute atomic E-state index is 0.218. The first-order chi connectivity index (χ1) is 9.03. The topological polar surface area (TPSA) is 29.5 Å². The van der Waals surface area contributed by atoms with E-state index in [4.69, 9.17) is 0 Å². The normalized spacial score (nSPS) is 14.7. The van der Waals surface area contributed by atoms with Crippen molar-refractivity contribution < 1.29 is 36.2 Å². The van der Waals surface area contributed by atoms with Crippen molar-refractivity contribution in [2.45, 2.75) is 31.5 Å². The van der Waals surface area contributed by atoms with Gasteiger partial charge in [0.15, 0.2) is 0 Å². The Kier molecular flexibility index (Phi) is 5.04. The summed E-state index contributed by atoms with van der Waals surface area (Å²) in [5, 5.41) is 9.62. The second-order valence-corrected chi connectivity index (χ2v) is 4.17. The lowest BCUT2D eigenvalue weighted by molar-refractivity contribution is -0.324. The van der Waals surface area contributed by atoms with Gasteiger partial charge in [-0.3, -0.25) is 0 Å². The van der Waals surface area contributed by atoms with Gasteiger partial charge < -0.3 is 9.84 Å². The first-order valence-corrected chi connectivity index (χ1v) is 5.52. The molecule has 0 aliphatic heterocycles. The maximum absolute atomic E-state index is 12.2. The van der Waals surface area contributed by atoms with E-state index in [0.29, 0.717) is 5.56 Å². The van der Waals surface area contributed by atoms with Crippen molar-refractivity contribution in [3.8, 4) is 0 Å². The van der Waals surface area contributed by atoms with Gasteiger partial charge in [-0.05, 0) is 18.1 Å². The van der Waals surface area contributed by atoms with Crippen LogP contribution in [0.25, 0.3) is 0 Å². The average Bonchev–Trinajstić information content (AvgIpc) is 2.25. The summed E-state index contributed by atoms with van der Waals surface area (Å²) in [6.07, 6.45) is -16.6.